The molecule has 0 spiro atoms. The zero-order valence-corrected chi connectivity index (χ0v) is 18.3. The maximum atomic E-state index is 11.8. The van der Waals surface area contributed by atoms with Crippen LogP contribution >= 0.6 is 11.3 Å². The molecule has 6 nitrogen and oxygen atoms in total. The van der Waals surface area contributed by atoms with Gasteiger partial charge < -0.3 is 10.3 Å². The number of Topliss-reactive ketones (excluding diaryl/α,β-unsaturated/α-hetero) is 1. The second kappa shape index (κ2) is 7.55. The van der Waals surface area contributed by atoms with Crippen molar-refractivity contribution >= 4 is 44.6 Å². The van der Waals surface area contributed by atoms with Gasteiger partial charge in [0.15, 0.2) is 11.4 Å². The molecule has 5 heterocycles. The van der Waals surface area contributed by atoms with Gasteiger partial charge >= 0.3 is 0 Å². The van der Waals surface area contributed by atoms with Crippen LogP contribution in [0.1, 0.15) is 28.6 Å². The minimum Gasteiger partial charge on any atom is -0.353 e. The Morgan fingerprint density at radius 3 is 2.88 bits per heavy atom. The number of hydrogen-bond donors (Lipinski definition) is 3. The number of rotatable bonds is 4. The van der Waals surface area contributed by atoms with Crippen LogP contribution in [0.25, 0.3) is 49.3 Å². The molecule has 1 aliphatic rings. The van der Waals surface area contributed by atoms with Gasteiger partial charge in [-0.25, -0.2) is 4.98 Å². The highest BCUT2D eigenvalue weighted by molar-refractivity contribution is 7.17. The monoisotopic (exact) mass is 439 g/mol. The number of benzene rings is 1. The molecule has 0 fully saturated rings. The molecular weight excluding hydrogens is 418 g/mol. The molecule has 32 heavy (non-hydrogen) atoms. The van der Waals surface area contributed by atoms with E-state index in [0.29, 0.717) is 5.65 Å². The van der Waals surface area contributed by atoms with E-state index in [-0.39, 0.29) is 5.78 Å². The standard InChI is InChI=1S/C25H21N5OS/c1-14(31)22-5-6-23(32-22)17-3-2-4-20-18(17)12-21(28-20)24-19-11-16(13-27-25(19)30-29-24)15-7-9-26-10-8-15/h2-7,11-13,26,28H,8-10H2,1H3,(H,27,29,30). The van der Waals surface area contributed by atoms with Crippen molar-refractivity contribution in [3.8, 4) is 21.8 Å². The van der Waals surface area contributed by atoms with Crippen molar-refractivity contribution in [3.05, 3.63) is 65.2 Å². The minimum atomic E-state index is 0.0966. The molecule has 0 aliphatic carbocycles. The molecule has 0 unspecified atom stereocenters. The van der Waals surface area contributed by atoms with Crippen LogP contribution in [0.4, 0.5) is 0 Å². The topological polar surface area (TPSA) is 86.5 Å². The molecule has 7 heteroatoms. The Morgan fingerprint density at radius 1 is 1.12 bits per heavy atom. The fourth-order valence-corrected chi connectivity index (χ4v) is 5.28. The van der Waals surface area contributed by atoms with E-state index >= 15 is 0 Å². The summed E-state index contributed by atoms with van der Waals surface area (Å²) in [5, 5.41) is 13.1. The Bertz CT molecular complexity index is 1520. The summed E-state index contributed by atoms with van der Waals surface area (Å²) in [6.45, 7) is 3.49. The number of hydrogen-bond acceptors (Lipinski definition) is 5. The van der Waals surface area contributed by atoms with Crippen molar-refractivity contribution in [2.24, 2.45) is 0 Å². The lowest BCUT2D eigenvalue weighted by molar-refractivity contribution is 0.102. The predicted molar refractivity (Wildman–Crippen MR) is 130 cm³/mol. The van der Waals surface area contributed by atoms with Crippen LogP contribution in [0.2, 0.25) is 0 Å². The van der Waals surface area contributed by atoms with Gasteiger partial charge in [-0.15, -0.1) is 11.3 Å². The second-order valence-electron chi connectivity index (χ2n) is 8.05. The zero-order chi connectivity index (χ0) is 21.7. The van der Waals surface area contributed by atoms with E-state index in [9.17, 15) is 4.79 Å². The quantitative estimate of drug-likeness (QED) is 0.327. The van der Waals surface area contributed by atoms with Gasteiger partial charge in [-0.1, -0.05) is 18.2 Å². The van der Waals surface area contributed by atoms with Crippen LogP contribution in [0.3, 0.4) is 0 Å². The van der Waals surface area contributed by atoms with Gasteiger partial charge in [0.2, 0.25) is 0 Å². The van der Waals surface area contributed by atoms with E-state index in [0.717, 1.165) is 68.1 Å². The van der Waals surface area contributed by atoms with E-state index in [1.165, 1.54) is 16.9 Å². The number of carbonyl (C=O) groups is 1. The van der Waals surface area contributed by atoms with Crippen molar-refractivity contribution in [1.29, 1.82) is 0 Å². The molecule has 0 saturated carbocycles. The van der Waals surface area contributed by atoms with E-state index in [2.05, 4.69) is 55.8 Å². The number of ketones is 1. The molecule has 0 atom stereocenters. The summed E-state index contributed by atoms with van der Waals surface area (Å²) < 4.78 is 0. The van der Waals surface area contributed by atoms with Gasteiger partial charge in [0.1, 0.15) is 0 Å². The predicted octanol–water partition coefficient (Wildman–Crippen LogP) is 5.41. The minimum absolute atomic E-state index is 0.0966. The summed E-state index contributed by atoms with van der Waals surface area (Å²) in [6, 6.07) is 14.5. The second-order valence-corrected chi connectivity index (χ2v) is 9.13. The number of H-pyrrole nitrogens is 2. The summed E-state index contributed by atoms with van der Waals surface area (Å²) in [5.74, 6) is 0.0966. The van der Waals surface area contributed by atoms with E-state index in [1.54, 1.807) is 6.92 Å². The first kappa shape index (κ1) is 19.2. The highest BCUT2D eigenvalue weighted by Gasteiger charge is 2.16. The van der Waals surface area contributed by atoms with Gasteiger partial charge in [0.05, 0.1) is 16.3 Å². The molecule has 1 aliphatic heterocycles. The molecule has 4 aromatic heterocycles. The van der Waals surface area contributed by atoms with Crippen molar-refractivity contribution in [2.75, 3.05) is 13.1 Å². The van der Waals surface area contributed by atoms with Crippen molar-refractivity contribution in [3.63, 3.8) is 0 Å². The molecular formula is C25H21N5OS. The number of carbonyl (C=O) groups excluding carboxylic acids is 1. The third-order valence-electron chi connectivity index (χ3n) is 6.00. The van der Waals surface area contributed by atoms with Crippen LogP contribution in [-0.4, -0.2) is 39.0 Å². The Kier molecular flexibility index (Phi) is 4.52. The molecule has 1 aromatic carbocycles. The lowest BCUT2D eigenvalue weighted by atomic mass is 10.0. The number of fused-ring (bicyclic) bond motifs is 2. The van der Waals surface area contributed by atoms with Crippen molar-refractivity contribution < 1.29 is 4.79 Å². The van der Waals surface area contributed by atoms with Crippen molar-refractivity contribution in [2.45, 2.75) is 13.3 Å². The van der Waals surface area contributed by atoms with Gasteiger partial charge in [0, 0.05) is 39.5 Å². The van der Waals surface area contributed by atoms with Crippen LogP contribution in [0.5, 0.6) is 0 Å². The van der Waals surface area contributed by atoms with Crippen molar-refractivity contribution in [1.82, 2.24) is 25.5 Å². The normalized spacial score (nSPS) is 14.2. The third-order valence-corrected chi connectivity index (χ3v) is 7.22. The average Bonchev–Trinajstić information content (AvgIpc) is 3.56. The fourth-order valence-electron chi connectivity index (χ4n) is 4.34. The Morgan fingerprint density at radius 2 is 2.06 bits per heavy atom. The molecule has 6 rings (SSSR count). The summed E-state index contributed by atoms with van der Waals surface area (Å²) in [7, 11) is 0. The number of aromatic nitrogens is 4. The zero-order valence-electron chi connectivity index (χ0n) is 17.5. The van der Waals surface area contributed by atoms with E-state index < -0.39 is 0 Å². The summed E-state index contributed by atoms with van der Waals surface area (Å²) >= 11 is 1.53. The molecule has 5 aromatic rings. The number of pyridine rings is 1. The average molecular weight is 440 g/mol. The van der Waals surface area contributed by atoms with Gasteiger partial charge in [-0.2, -0.15) is 5.10 Å². The number of nitrogens with zero attached hydrogens (tertiary/aromatic N) is 2. The molecule has 0 radical (unpaired) electrons. The molecule has 0 amide bonds. The van der Waals surface area contributed by atoms with Crippen LogP contribution in [0.15, 0.2) is 54.7 Å². The Labute approximate surface area is 188 Å². The van der Waals surface area contributed by atoms with Crippen LogP contribution in [0, 0.1) is 0 Å². The van der Waals surface area contributed by atoms with Gasteiger partial charge in [0.25, 0.3) is 0 Å². The summed E-state index contributed by atoms with van der Waals surface area (Å²) in [6.07, 6.45) is 5.15. The number of nitrogens with one attached hydrogen (secondary N) is 3. The van der Waals surface area contributed by atoms with Gasteiger partial charge in [-0.05, 0) is 61.4 Å². The third kappa shape index (κ3) is 3.18. The highest BCUT2D eigenvalue weighted by atomic mass is 32.1. The summed E-state index contributed by atoms with van der Waals surface area (Å²) in [4.78, 5) is 21.8. The van der Waals surface area contributed by atoms with Crippen LogP contribution in [-0.2, 0) is 0 Å². The first-order valence-corrected chi connectivity index (χ1v) is 11.5. The molecule has 158 valence electrons. The van der Waals surface area contributed by atoms with Gasteiger partial charge in [-0.3, -0.25) is 9.89 Å². The number of aromatic amines is 2. The van der Waals surface area contributed by atoms with E-state index in [1.807, 2.05) is 24.4 Å². The maximum absolute atomic E-state index is 11.8. The van der Waals surface area contributed by atoms with Crippen LogP contribution < -0.4 is 5.32 Å². The Balaban J connectivity index is 1.47. The Hall–Kier alpha value is -3.55. The smallest absolute Gasteiger partial charge is 0.181 e. The SMILES string of the molecule is CC(=O)c1ccc(-c2cccc3[nH]c(-c4[nH]nc5ncc(C6=CCNCC6)cc45)cc23)s1. The first-order valence-electron chi connectivity index (χ1n) is 10.6. The molecule has 0 saturated heterocycles. The molecule has 0 bridgehead atoms. The largest absolute Gasteiger partial charge is 0.353 e. The lowest BCUT2D eigenvalue weighted by Gasteiger charge is -2.13. The molecule has 3 N–H and O–H groups in total. The maximum Gasteiger partial charge on any atom is 0.181 e. The first-order chi connectivity index (χ1) is 15.7. The van der Waals surface area contributed by atoms with E-state index in [4.69, 9.17) is 0 Å². The fraction of sp³-hybridized carbons (Fsp3) is 0.160. The highest BCUT2D eigenvalue weighted by Crippen LogP contribution is 2.37. The number of thiophene rings is 1. The lowest BCUT2D eigenvalue weighted by Crippen LogP contribution is -2.20. The summed E-state index contributed by atoms with van der Waals surface area (Å²) in [5.41, 5.74) is 7.24.